The van der Waals surface area contributed by atoms with Gasteiger partial charge in [0.2, 0.25) is 27.7 Å². The normalized spacial score (nSPS) is 23.5. The van der Waals surface area contributed by atoms with Crippen molar-refractivity contribution in [2.45, 2.75) is 70.4 Å². The minimum Gasteiger partial charge on any atom is -0.351 e. The number of amides is 3. The summed E-state index contributed by atoms with van der Waals surface area (Å²) in [6.07, 6.45) is 8.33. The molecule has 1 saturated heterocycles. The third-order valence-corrected chi connectivity index (χ3v) is 7.58. The Labute approximate surface area is 195 Å². The summed E-state index contributed by atoms with van der Waals surface area (Å²) in [7, 11) is -3.67. The fraction of sp³-hybridized carbons (Fsp3) is 0.609. The Morgan fingerprint density at radius 1 is 1.03 bits per heavy atom. The first-order chi connectivity index (χ1) is 15.5. The Balaban J connectivity index is 1.92. The molecule has 1 aromatic rings. The molecular formula is C23H34N4O5S. The van der Waals surface area contributed by atoms with Crippen molar-refractivity contribution in [1.29, 1.82) is 0 Å². The number of sulfonamides is 1. The molecule has 1 atom stereocenters. The summed E-state index contributed by atoms with van der Waals surface area (Å²) in [5, 5.41) is 5.79. The molecule has 0 aromatic heterocycles. The summed E-state index contributed by atoms with van der Waals surface area (Å²) >= 11 is 0. The molecule has 0 spiro atoms. The maximum Gasteiger partial charge on any atom is 0.247 e. The van der Waals surface area contributed by atoms with E-state index in [0.29, 0.717) is 11.4 Å². The lowest BCUT2D eigenvalue weighted by Gasteiger charge is -2.47. The highest BCUT2D eigenvalue weighted by molar-refractivity contribution is 7.88. The molecule has 0 unspecified atom stereocenters. The summed E-state index contributed by atoms with van der Waals surface area (Å²) < 4.78 is 25.6. The van der Waals surface area contributed by atoms with Gasteiger partial charge in [0.25, 0.3) is 0 Å². The number of rotatable bonds is 5. The Kier molecular flexibility index (Phi) is 7.79. The van der Waals surface area contributed by atoms with Crippen LogP contribution in [0.5, 0.6) is 0 Å². The summed E-state index contributed by atoms with van der Waals surface area (Å²) in [5.41, 5.74) is -0.386. The number of hydrogen-bond acceptors (Lipinski definition) is 5. The Bertz CT molecular complexity index is 987. The lowest BCUT2D eigenvalue weighted by atomic mass is 9.92. The van der Waals surface area contributed by atoms with E-state index in [1.165, 1.54) is 18.2 Å². The van der Waals surface area contributed by atoms with Crippen molar-refractivity contribution < 1.29 is 22.8 Å². The van der Waals surface area contributed by atoms with E-state index in [0.717, 1.165) is 49.1 Å². The van der Waals surface area contributed by atoms with Gasteiger partial charge in [-0.25, -0.2) is 8.42 Å². The summed E-state index contributed by atoms with van der Waals surface area (Å²) in [6, 6.07) is 6.61. The second-order valence-corrected chi connectivity index (χ2v) is 11.3. The van der Waals surface area contributed by atoms with Gasteiger partial charge in [0.05, 0.1) is 12.8 Å². The number of piperazine rings is 1. The lowest BCUT2D eigenvalue weighted by Crippen LogP contribution is -2.70. The van der Waals surface area contributed by atoms with Gasteiger partial charge < -0.3 is 10.6 Å². The number of nitrogens with one attached hydrogen (secondary N) is 2. The van der Waals surface area contributed by atoms with E-state index < -0.39 is 21.5 Å². The fourth-order valence-electron chi connectivity index (χ4n) is 4.64. The van der Waals surface area contributed by atoms with E-state index in [-0.39, 0.29) is 30.9 Å². The third-order valence-electron chi connectivity index (χ3n) is 6.38. The van der Waals surface area contributed by atoms with E-state index >= 15 is 0 Å². The molecular weight excluding hydrogens is 444 g/mol. The van der Waals surface area contributed by atoms with Crippen LogP contribution in [0.15, 0.2) is 24.3 Å². The van der Waals surface area contributed by atoms with Crippen molar-refractivity contribution in [2.24, 2.45) is 0 Å². The molecule has 2 aliphatic rings. The van der Waals surface area contributed by atoms with Crippen molar-refractivity contribution in [1.82, 2.24) is 9.62 Å². The number of carbonyl (C=O) groups excluding carboxylic acids is 3. The van der Waals surface area contributed by atoms with Crippen LogP contribution in [0.1, 0.15) is 58.8 Å². The standard InChI is InChI=1S/C23H34N4O5S/c1-17(28)24-19-11-13-20(14-12-19)27-21(29)15-26(33(3,31)32)16-23(27,2)22(30)25-18-9-7-5-4-6-8-10-18/h11-14,18H,4-10,15-16H2,1-3H3,(H,24,28)(H,25,30)/t23-/m0/s1. The summed E-state index contributed by atoms with van der Waals surface area (Å²) in [6.45, 7) is 2.54. The van der Waals surface area contributed by atoms with E-state index in [2.05, 4.69) is 10.6 Å². The first kappa shape index (κ1) is 25.2. The van der Waals surface area contributed by atoms with Crippen LogP contribution in [-0.4, -0.2) is 61.4 Å². The molecule has 33 heavy (non-hydrogen) atoms. The smallest absolute Gasteiger partial charge is 0.247 e. The van der Waals surface area contributed by atoms with Crippen LogP contribution in [0.4, 0.5) is 11.4 Å². The lowest BCUT2D eigenvalue weighted by molar-refractivity contribution is -0.133. The van der Waals surface area contributed by atoms with Crippen LogP contribution in [-0.2, 0) is 24.4 Å². The van der Waals surface area contributed by atoms with Gasteiger partial charge in [-0.1, -0.05) is 32.1 Å². The van der Waals surface area contributed by atoms with E-state index in [4.69, 9.17) is 0 Å². The Morgan fingerprint density at radius 3 is 2.15 bits per heavy atom. The molecule has 0 radical (unpaired) electrons. The van der Waals surface area contributed by atoms with Crippen LogP contribution in [0.3, 0.4) is 0 Å². The maximum absolute atomic E-state index is 13.6. The van der Waals surface area contributed by atoms with Crippen molar-refractivity contribution in [2.75, 3.05) is 29.6 Å². The van der Waals surface area contributed by atoms with Gasteiger partial charge >= 0.3 is 0 Å². The van der Waals surface area contributed by atoms with Crippen LogP contribution < -0.4 is 15.5 Å². The number of carbonyl (C=O) groups is 3. The second-order valence-electron chi connectivity index (χ2n) is 9.28. The first-order valence-corrected chi connectivity index (χ1v) is 13.3. The molecule has 1 aliphatic carbocycles. The van der Waals surface area contributed by atoms with Crippen molar-refractivity contribution in [3.63, 3.8) is 0 Å². The highest BCUT2D eigenvalue weighted by Gasteiger charge is 2.50. The topological polar surface area (TPSA) is 116 Å². The Morgan fingerprint density at radius 2 is 1.61 bits per heavy atom. The molecule has 1 aliphatic heterocycles. The fourth-order valence-corrected chi connectivity index (χ4v) is 5.47. The predicted molar refractivity (Wildman–Crippen MR) is 127 cm³/mol. The van der Waals surface area contributed by atoms with Gasteiger partial charge in [-0.2, -0.15) is 4.31 Å². The van der Waals surface area contributed by atoms with Crippen LogP contribution in [0, 0.1) is 0 Å². The molecule has 3 rings (SSSR count). The zero-order valence-electron chi connectivity index (χ0n) is 19.6. The van der Waals surface area contributed by atoms with Crippen LogP contribution >= 0.6 is 0 Å². The third kappa shape index (κ3) is 6.11. The van der Waals surface area contributed by atoms with E-state index in [1.54, 1.807) is 31.2 Å². The quantitative estimate of drug-likeness (QED) is 0.673. The van der Waals surface area contributed by atoms with Gasteiger partial charge in [-0.15, -0.1) is 0 Å². The number of benzene rings is 1. The molecule has 182 valence electrons. The summed E-state index contributed by atoms with van der Waals surface area (Å²) in [5.74, 6) is -1.06. The van der Waals surface area contributed by atoms with E-state index in [9.17, 15) is 22.8 Å². The number of hydrogen-bond donors (Lipinski definition) is 2. The van der Waals surface area contributed by atoms with Crippen molar-refractivity contribution in [3.8, 4) is 0 Å². The van der Waals surface area contributed by atoms with Crippen molar-refractivity contribution >= 4 is 39.1 Å². The van der Waals surface area contributed by atoms with Gasteiger partial charge in [0, 0.05) is 30.9 Å². The number of nitrogens with zero attached hydrogens (tertiary/aromatic N) is 2. The average molecular weight is 479 g/mol. The van der Waals surface area contributed by atoms with Gasteiger partial charge in [0.1, 0.15) is 5.54 Å². The van der Waals surface area contributed by atoms with Gasteiger partial charge in [-0.05, 0) is 44.0 Å². The number of anilines is 2. The second kappa shape index (κ2) is 10.2. The van der Waals surface area contributed by atoms with Crippen LogP contribution in [0.2, 0.25) is 0 Å². The van der Waals surface area contributed by atoms with Crippen LogP contribution in [0.25, 0.3) is 0 Å². The zero-order valence-corrected chi connectivity index (χ0v) is 20.4. The highest BCUT2D eigenvalue weighted by atomic mass is 32.2. The molecule has 1 heterocycles. The largest absolute Gasteiger partial charge is 0.351 e. The molecule has 9 nitrogen and oxygen atoms in total. The van der Waals surface area contributed by atoms with Crippen molar-refractivity contribution in [3.05, 3.63) is 24.3 Å². The molecule has 1 aromatic carbocycles. The first-order valence-electron chi connectivity index (χ1n) is 11.5. The minimum absolute atomic E-state index is 0.00216. The molecule has 0 bridgehead atoms. The van der Waals surface area contributed by atoms with E-state index in [1.807, 2.05) is 0 Å². The Hall–Kier alpha value is -2.46. The molecule has 2 N–H and O–H groups in total. The zero-order chi connectivity index (χ0) is 24.2. The average Bonchev–Trinajstić information content (AvgIpc) is 2.69. The van der Waals surface area contributed by atoms with Gasteiger partial charge in [-0.3, -0.25) is 19.3 Å². The minimum atomic E-state index is -3.67. The summed E-state index contributed by atoms with van der Waals surface area (Å²) in [4.78, 5) is 39.5. The van der Waals surface area contributed by atoms with Gasteiger partial charge in [0.15, 0.2) is 0 Å². The predicted octanol–water partition coefficient (Wildman–Crippen LogP) is 2.24. The molecule has 2 fully saturated rings. The maximum atomic E-state index is 13.6. The molecule has 1 saturated carbocycles. The SMILES string of the molecule is CC(=O)Nc1ccc(N2C(=O)CN(S(C)(=O)=O)C[C@@]2(C)C(=O)NC2CCCCCCC2)cc1. The molecule has 3 amide bonds. The highest BCUT2D eigenvalue weighted by Crippen LogP contribution is 2.32. The monoisotopic (exact) mass is 478 g/mol. The molecule has 10 heteroatoms.